The summed E-state index contributed by atoms with van der Waals surface area (Å²) >= 11 is 0. The lowest BCUT2D eigenvalue weighted by molar-refractivity contribution is 0.0691. The molecular formula is C7H5N5O2. The summed E-state index contributed by atoms with van der Waals surface area (Å²) in [5, 5.41) is 18.1. The minimum atomic E-state index is -1.17. The number of hydrogen-bond acceptors (Lipinski definition) is 5. The average molecular weight is 191 g/mol. The van der Waals surface area contributed by atoms with Gasteiger partial charge in [-0.25, -0.2) is 14.8 Å². The number of hydrogen-bond donors (Lipinski definition) is 2. The summed E-state index contributed by atoms with van der Waals surface area (Å²) in [5.74, 6) is -0.931. The lowest BCUT2D eigenvalue weighted by Crippen LogP contribution is -2.00. The molecule has 7 heteroatoms. The van der Waals surface area contributed by atoms with Crippen molar-refractivity contribution in [1.82, 2.24) is 25.4 Å². The van der Waals surface area contributed by atoms with Gasteiger partial charge in [-0.05, 0) is 6.07 Å². The number of aromatic carboxylic acids is 1. The van der Waals surface area contributed by atoms with Gasteiger partial charge < -0.3 is 5.11 Å². The smallest absolute Gasteiger partial charge is 0.358 e. The minimum Gasteiger partial charge on any atom is -0.476 e. The van der Waals surface area contributed by atoms with Crippen molar-refractivity contribution in [2.75, 3.05) is 0 Å². The van der Waals surface area contributed by atoms with Crippen LogP contribution in [0.15, 0.2) is 18.5 Å². The number of nitrogens with zero attached hydrogens (tertiary/aromatic N) is 4. The Kier molecular flexibility index (Phi) is 1.90. The molecule has 0 aliphatic carbocycles. The fourth-order valence-corrected chi connectivity index (χ4v) is 0.957. The number of carbonyl (C=O) groups is 1. The van der Waals surface area contributed by atoms with Gasteiger partial charge in [0.2, 0.25) is 5.69 Å². The Hall–Kier alpha value is -2.31. The Bertz CT molecular complexity index is 452. The summed E-state index contributed by atoms with van der Waals surface area (Å²) < 4.78 is 0. The van der Waals surface area contributed by atoms with Crippen LogP contribution in [-0.4, -0.2) is 36.5 Å². The molecule has 0 saturated heterocycles. The van der Waals surface area contributed by atoms with Crippen LogP contribution in [0.2, 0.25) is 0 Å². The fraction of sp³-hybridized carbons (Fsp3) is 0. The lowest BCUT2D eigenvalue weighted by Gasteiger charge is -1.93. The molecule has 0 aliphatic heterocycles. The third kappa shape index (κ3) is 1.30. The van der Waals surface area contributed by atoms with Crippen molar-refractivity contribution in [3.63, 3.8) is 0 Å². The van der Waals surface area contributed by atoms with Gasteiger partial charge >= 0.3 is 5.97 Å². The van der Waals surface area contributed by atoms with Gasteiger partial charge in [0.1, 0.15) is 0 Å². The molecule has 2 rings (SSSR count). The predicted molar refractivity (Wildman–Crippen MR) is 44.4 cm³/mol. The average Bonchev–Trinajstić information content (AvgIpc) is 2.67. The van der Waals surface area contributed by atoms with E-state index in [0.29, 0.717) is 0 Å². The van der Waals surface area contributed by atoms with Crippen molar-refractivity contribution >= 4 is 5.97 Å². The highest BCUT2D eigenvalue weighted by Gasteiger charge is 2.18. The Morgan fingerprint density at radius 2 is 2.00 bits per heavy atom. The van der Waals surface area contributed by atoms with Gasteiger partial charge in [0, 0.05) is 12.4 Å². The maximum atomic E-state index is 10.7. The summed E-state index contributed by atoms with van der Waals surface area (Å²) in [6.45, 7) is 0. The molecule has 2 aromatic rings. The van der Waals surface area contributed by atoms with E-state index in [4.69, 9.17) is 5.11 Å². The molecular weight excluding hydrogens is 186 g/mol. The summed E-state index contributed by atoms with van der Waals surface area (Å²) in [6, 6.07) is 1.63. The zero-order chi connectivity index (χ0) is 9.97. The highest BCUT2D eigenvalue weighted by atomic mass is 16.4. The predicted octanol–water partition coefficient (Wildman–Crippen LogP) is -0.0401. The van der Waals surface area contributed by atoms with Gasteiger partial charge in [-0.3, -0.25) is 0 Å². The van der Waals surface area contributed by atoms with Crippen LogP contribution in [-0.2, 0) is 0 Å². The van der Waals surface area contributed by atoms with E-state index < -0.39 is 5.97 Å². The molecule has 2 N–H and O–H groups in total. The summed E-state index contributed by atoms with van der Waals surface area (Å²) in [4.78, 5) is 18.4. The Morgan fingerprint density at radius 3 is 2.64 bits per heavy atom. The third-order valence-electron chi connectivity index (χ3n) is 1.53. The summed E-state index contributed by atoms with van der Waals surface area (Å²) in [6.07, 6.45) is 3.01. The molecule has 14 heavy (non-hydrogen) atoms. The molecule has 0 fully saturated rings. The molecule has 0 unspecified atom stereocenters. The van der Waals surface area contributed by atoms with Gasteiger partial charge in [-0.1, -0.05) is 0 Å². The van der Waals surface area contributed by atoms with Crippen LogP contribution in [0.3, 0.4) is 0 Å². The number of rotatable bonds is 2. The SMILES string of the molecule is O=C(O)c1n[nH]nc1-c1ncccn1. The molecule has 7 nitrogen and oxygen atoms in total. The first-order valence-corrected chi connectivity index (χ1v) is 3.70. The van der Waals surface area contributed by atoms with E-state index in [1.807, 2.05) is 0 Å². The topological polar surface area (TPSA) is 105 Å². The molecule has 0 saturated carbocycles. The molecule has 0 bridgehead atoms. The van der Waals surface area contributed by atoms with Crippen molar-refractivity contribution in [3.05, 3.63) is 24.2 Å². The molecule has 0 aliphatic rings. The zero-order valence-corrected chi connectivity index (χ0v) is 6.88. The van der Waals surface area contributed by atoms with E-state index in [2.05, 4.69) is 25.4 Å². The standard InChI is InChI=1S/C7H5N5O2/c13-7(14)5-4(10-12-11-5)6-8-2-1-3-9-6/h1-3H,(H,13,14)(H,10,11,12). The fourth-order valence-electron chi connectivity index (χ4n) is 0.957. The Labute approximate surface area is 77.8 Å². The van der Waals surface area contributed by atoms with Crippen molar-refractivity contribution in [2.45, 2.75) is 0 Å². The molecule has 0 radical (unpaired) electrons. The largest absolute Gasteiger partial charge is 0.476 e. The van der Waals surface area contributed by atoms with Crippen molar-refractivity contribution in [2.24, 2.45) is 0 Å². The highest BCUT2D eigenvalue weighted by Crippen LogP contribution is 2.13. The zero-order valence-electron chi connectivity index (χ0n) is 6.88. The van der Waals surface area contributed by atoms with E-state index in [1.165, 1.54) is 12.4 Å². The first-order chi connectivity index (χ1) is 6.79. The van der Waals surface area contributed by atoms with E-state index in [0.717, 1.165) is 0 Å². The number of carboxylic acid groups (broad SMARTS) is 1. The minimum absolute atomic E-state index is 0.137. The van der Waals surface area contributed by atoms with Crippen LogP contribution >= 0.6 is 0 Å². The Balaban J connectivity index is 2.52. The molecule has 2 heterocycles. The van der Waals surface area contributed by atoms with E-state index in [1.54, 1.807) is 6.07 Å². The van der Waals surface area contributed by atoms with Crippen molar-refractivity contribution in [3.8, 4) is 11.5 Å². The summed E-state index contributed by atoms with van der Waals surface area (Å²) in [7, 11) is 0. The van der Waals surface area contributed by atoms with Crippen LogP contribution in [0.4, 0.5) is 0 Å². The third-order valence-corrected chi connectivity index (χ3v) is 1.53. The van der Waals surface area contributed by atoms with Gasteiger partial charge in [0.25, 0.3) is 0 Å². The van der Waals surface area contributed by atoms with Gasteiger partial charge in [-0.2, -0.15) is 10.3 Å². The number of aromatic amines is 1. The highest BCUT2D eigenvalue weighted by molar-refractivity contribution is 5.91. The molecule has 0 spiro atoms. The van der Waals surface area contributed by atoms with Gasteiger partial charge in [0.05, 0.1) is 0 Å². The second-order valence-corrected chi connectivity index (χ2v) is 2.40. The first-order valence-electron chi connectivity index (χ1n) is 3.70. The first kappa shape index (κ1) is 8.30. The number of carboxylic acids is 1. The molecule has 0 amide bonds. The van der Waals surface area contributed by atoms with Gasteiger partial charge in [0.15, 0.2) is 11.5 Å². The maximum absolute atomic E-state index is 10.7. The lowest BCUT2D eigenvalue weighted by atomic mass is 10.3. The number of nitrogens with one attached hydrogen (secondary N) is 1. The molecule has 2 aromatic heterocycles. The van der Waals surface area contributed by atoms with Crippen molar-refractivity contribution < 1.29 is 9.90 Å². The monoisotopic (exact) mass is 191 g/mol. The van der Waals surface area contributed by atoms with Crippen LogP contribution in [0.5, 0.6) is 0 Å². The quantitative estimate of drug-likeness (QED) is 0.690. The van der Waals surface area contributed by atoms with Crippen LogP contribution in [0.25, 0.3) is 11.5 Å². The normalized spacial score (nSPS) is 10.0. The molecule has 0 aromatic carbocycles. The second kappa shape index (κ2) is 3.21. The molecule has 70 valence electrons. The number of aromatic nitrogens is 5. The molecule has 0 atom stereocenters. The van der Waals surface area contributed by atoms with Crippen molar-refractivity contribution in [1.29, 1.82) is 0 Å². The second-order valence-electron chi connectivity index (χ2n) is 2.40. The number of H-pyrrole nitrogens is 1. The van der Waals surface area contributed by atoms with Crippen LogP contribution in [0.1, 0.15) is 10.5 Å². The Morgan fingerprint density at radius 1 is 1.29 bits per heavy atom. The van der Waals surface area contributed by atoms with E-state index in [-0.39, 0.29) is 17.2 Å². The van der Waals surface area contributed by atoms with Gasteiger partial charge in [-0.15, -0.1) is 5.10 Å². The van der Waals surface area contributed by atoms with E-state index in [9.17, 15) is 4.79 Å². The van der Waals surface area contributed by atoms with E-state index >= 15 is 0 Å². The maximum Gasteiger partial charge on any atom is 0.358 e. The summed E-state index contributed by atoms with van der Waals surface area (Å²) in [5.41, 5.74) is -0.0469. The van der Waals surface area contributed by atoms with Crippen LogP contribution in [0, 0.1) is 0 Å². The van der Waals surface area contributed by atoms with Crippen LogP contribution < -0.4 is 0 Å².